The average molecular weight is 292 g/mol. The first-order valence-corrected chi connectivity index (χ1v) is 5.23. The molecule has 1 unspecified atom stereocenters. The zero-order valence-corrected chi connectivity index (χ0v) is 10.1. The molecule has 0 fully saturated rings. The van der Waals surface area contributed by atoms with Gasteiger partial charge in [-0.15, -0.1) is 0 Å². The third-order valence-corrected chi connectivity index (χ3v) is 3.11. The van der Waals surface area contributed by atoms with E-state index in [1.54, 1.807) is 0 Å². The van der Waals surface area contributed by atoms with E-state index in [2.05, 4.69) is 0 Å². The Morgan fingerprint density at radius 3 is 2.25 bits per heavy atom. The standard InChI is InChI=1S/C10H8AsF3O2/c1-9(11,8(15)16)6-3-2-4-7(5-6)10(12,13)14/h2-5H,1H3,(H,15,16). The molecule has 0 aliphatic carbocycles. The third-order valence-electron chi connectivity index (χ3n) is 2.17. The van der Waals surface area contributed by atoms with Crippen molar-refractivity contribution in [1.29, 1.82) is 0 Å². The van der Waals surface area contributed by atoms with Gasteiger partial charge in [-0.25, -0.2) is 0 Å². The van der Waals surface area contributed by atoms with Gasteiger partial charge >= 0.3 is 98.6 Å². The van der Waals surface area contributed by atoms with E-state index < -0.39 is 21.9 Å². The Labute approximate surface area is 99.0 Å². The van der Waals surface area contributed by atoms with Crippen molar-refractivity contribution in [1.82, 2.24) is 0 Å². The molecule has 1 aromatic rings. The molecule has 86 valence electrons. The number of benzene rings is 1. The summed E-state index contributed by atoms with van der Waals surface area (Å²) in [4.78, 5) is 10.9. The summed E-state index contributed by atoms with van der Waals surface area (Å²) >= 11 is 1.87. The van der Waals surface area contributed by atoms with Crippen LogP contribution in [0.1, 0.15) is 18.1 Å². The van der Waals surface area contributed by atoms with E-state index >= 15 is 0 Å². The van der Waals surface area contributed by atoms with Gasteiger partial charge in [0.1, 0.15) is 0 Å². The van der Waals surface area contributed by atoms with Crippen molar-refractivity contribution in [2.24, 2.45) is 0 Å². The predicted octanol–water partition coefficient (Wildman–Crippen LogP) is 2.17. The predicted molar refractivity (Wildman–Crippen MR) is 52.2 cm³/mol. The zero-order valence-electron chi connectivity index (χ0n) is 8.25. The molecule has 1 aromatic carbocycles. The summed E-state index contributed by atoms with van der Waals surface area (Å²) in [5, 5.41) is 8.89. The first-order chi connectivity index (χ1) is 7.15. The summed E-state index contributed by atoms with van der Waals surface area (Å²) in [6.45, 7) is 1.34. The van der Waals surface area contributed by atoms with Crippen molar-refractivity contribution in [2.75, 3.05) is 0 Å². The maximum absolute atomic E-state index is 12.4. The molecule has 6 heteroatoms. The fraction of sp³-hybridized carbons (Fsp3) is 0.300. The van der Waals surface area contributed by atoms with Crippen molar-refractivity contribution >= 4 is 22.8 Å². The summed E-state index contributed by atoms with van der Waals surface area (Å²) in [5.41, 5.74) is -0.738. The van der Waals surface area contributed by atoms with Crippen LogP contribution < -0.4 is 0 Å². The van der Waals surface area contributed by atoms with E-state index in [0.29, 0.717) is 0 Å². The monoisotopic (exact) mass is 292 g/mol. The Balaban J connectivity index is 3.23. The SMILES string of the molecule is CC([As])(C(=O)O)c1cccc(C(F)(F)F)c1. The molecular formula is C10H8AsF3O2. The topological polar surface area (TPSA) is 37.3 Å². The Bertz CT molecular complexity index is 413. The maximum atomic E-state index is 12.4. The van der Waals surface area contributed by atoms with Crippen LogP contribution in [-0.4, -0.2) is 27.9 Å². The van der Waals surface area contributed by atoms with Crippen LogP contribution in [0, 0.1) is 0 Å². The quantitative estimate of drug-likeness (QED) is 0.848. The average Bonchev–Trinajstić information content (AvgIpc) is 2.16. The van der Waals surface area contributed by atoms with Crippen LogP contribution in [0.3, 0.4) is 0 Å². The number of alkyl halides is 3. The number of carboxylic acid groups (broad SMARTS) is 1. The molecule has 1 atom stereocenters. The second-order valence-electron chi connectivity index (χ2n) is 3.46. The molecule has 0 saturated heterocycles. The van der Waals surface area contributed by atoms with Crippen LogP contribution in [0.5, 0.6) is 0 Å². The number of rotatable bonds is 2. The van der Waals surface area contributed by atoms with Gasteiger partial charge in [0.15, 0.2) is 0 Å². The molecule has 0 spiro atoms. The Hall–Kier alpha value is -0.962. The minimum atomic E-state index is -4.46. The molecule has 16 heavy (non-hydrogen) atoms. The Morgan fingerprint density at radius 2 is 1.81 bits per heavy atom. The van der Waals surface area contributed by atoms with Gasteiger partial charge in [-0.05, 0) is 0 Å². The molecule has 0 saturated carbocycles. The summed E-state index contributed by atoms with van der Waals surface area (Å²) in [6.07, 6.45) is -4.46. The molecule has 0 heterocycles. The third kappa shape index (κ3) is 2.58. The molecule has 1 N–H and O–H groups in total. The van der Waals surface area contributed by atoms with Gasteiger partial charge in [-0.3, -0.25) is 0 Å². The number of carboxylic acids is 1. The Morgan fingerprint density at radius 1 is 1.31 bits per heavy atom. The van der Waals surface area contributed by atoms with Crippen molar-refractivity contribution in [3.05, 3.63) is 35.4 Å². The van der Waals surface area contributed by atoms with Gasteiger partial charge in [-0.2, -0.15) is 0 Å². The fourth-order valence-electron chi connectivity index (χ4n) is 1.12. The Kier molecular flexibility index (Phi) is 3.38. The van der Waals surface area contributed by atoms with Gasteiger partial charge in [-0.1, -0.05) is 0 Å². The van der Waals surface area contributed by atoms with E-state index in [1.165, 1.54) is 19.1 Å². The van der Waals surface area contributed by atoms with Crippen LogP contribution in [0.2, 0.25) is 0 Å². The van der Waals surface area contributed by atoms with Gasteiger partial charge in [0.2, 0.25) is 0 Å². The number of hydrogen-bond acceptors (Lipinski definition) is 1. The van der Waals surface area contributed by atoms with Gasteiger partial charge in [0.25, 0.3) is 0 Å². The zero-order chi connectivity index (χ0) is 12.6. The number of carbonyl (C=O) groups is 1. The number of aliphatic carboxylic acids is 1. The van der Waals surface area contributed by atoms with Crippen molar-refractivity contribution < 1.29 is 23.1 Å². The van der Waals surface area contributed by atoms with Crippen molar-refractivity contribution in [3.63, 3.8) is 0 Å². The molecule has 2 nitrogen and oxygen atoms in total. The van der Waals surface area contributed by atoms with Crippen LogP contribution in [0.25, 0.3) is 0 Å². The van der Waals surface area contributed by atoms with Gasteiger partial charge in [0, 0.05) is 0 Å². The van der Waals surface area contributed by atoms with E-state index in [-0.39, 0.29) is 5.56 Å². The number of hydrogen-bond donors (Lipinski definition) is 1. The molecule has 0 aliphatic rings. The van der Waals surface area contributed by atoms with Crippen LogP contribution in [0.4, 0.5) is 13.2 Å². The van der Waals surface area contributed by atoms with Crippen LogP contribution in [-0.2, 0) is 15.2 Å². The molecule has 0 aliphatic heterocycles. The van der Waals surface area contributed by atoms with Gasteiger partial charge < -0.3 is 0 Å². The summed E-state index contributed by atoms with van der Waals surface area (Å²) in [6, 6.07) is 4.33. The molecule has 1 rings (SSSR count). The van der Waals surface area contributed by atoms with Crippen molar-refractivity contribution in [3.8, 4) is 0 Å². The molecule has 0 bridgehead atoms. The molecular weight excluding hydrogens is 284 g/mol. The second kappa shape index (κ2) is 4.13. The summed E-state index contributed by atoms with van der Waals surface area (Å²) in [5.74, 6) is -1.19. The van der Waals surface area contributed by atoms with E-state index in [0.717, 1.165) is 12.1 Å². The number of halogens is 3. The molecule has 0 aromatic heterocycles. The normalized spacial score (nSPS) is 15.6. The molecule has 0 amide bonds. The van der Waals surface area contributed by atoms with Gasteiger partial charge in [0.05, 0.1) is 0 Å². The second-order valence-corrected chi connectivity index (χ2v) is 5.33. The summed E-state index contributed by atoms with van der Waals surface area (Å²) in [7, 11) is 0. The first-order valence-electron chi connectivity index (χ1n) is 4.29. The summed E-state index contributed by atoms with van der Waals surface area (Å²) < 4.78 is 35.8. The fourth-order valence-corrected chi connectivity index (χ4v) is 1.41. The van der Waals surface area contributed by atoms with E-state index in [1.807, 2.05) is 16.9 Å². The first kappa shape index (κ1) is 13.1. The van der Waals surface area contributed by atoms with E-state index in [9.17, 15) is 18.0 Å². The van der Waals surface area contributed by atoms with Crippen LogP contribution in [0.15, 0.2) is 24.3 Å². The molecule has 2 radical (unpaired) electrons. The van der Waals surface area contributed by atoms with Crippen LogP contribution >= 0.6 is 0 Å². The van der Waals surface area contributed by atoms with E-state index in [4.69, 9.17) is 5.11 Å². The van der Waals surface area contributed by atoms with Crippen molar-refractivity contribution in [2.45, 2.75) is 17.3 Å². The minimum absolute atomic E-state index is 0.106.